The molecule has 0 amide bonds. The van der Waals surface area contributed by atoms with Crippen LogP contribution in [0.5, 0.6) is 0 Å². The first-order valence-corrected chi connectivity index (χ1v) is 5.73. The molecule has 2 nitrogen and oxygen atoms in total. The zero-order valence-electron chi connectivity index (χ0n) is 9.67. The summed E-state index contributed by atoms with van der Waals surface area (Å²) in [5.41, 5.74) is 2.10. The third kappa shape index (κ3) is 3.17. The second-order valence-corrected chi connectivity index (χ2v) is 4.34. The standard InChI is InChI=1S/C13H11ClF2N2/c1-8-2-12(13(14)18-6-8)17-7-9-3-10(15)5-11(16)4-9/h2-6,17H,7H2,1H3. The van der Waals surface area contributed by atoms with E-state index in [1.54, 1.807) is 6.20 Å². The Morgan fingerprint density at radius 2 is 1.83 bits per heavy atom. The lowest BCUT2D eigenvalue weighted by Gasteiger charge is -2.09. The van der Waals surface area contributed by atoms with Gasteiger partial charge in [0.25, 0.3) is 0 Å². The van der Waals surface area contributed by atoms with Crippen molar-refractivity contribution < 1.29 is 8.78 Å². The quantitative estimate of drug-likeness (QED) is 0.853. The van der Waals surface area contributed by atoms with Crippen LogP contribution in [0.2, 0.25) is 5.15 Å². The van der Waals surface area contributed by atoms with Crippen molar-refractivity contribution in [2.45, 2.75) is 13.5 Å². The van der Waals surface area contributed by atoms with Gasteiger partial charge in [-0.1, -0.05) is 11.6 Å². The predicted octanol–water partition coefficient (Wildman–Crippen LogP) is 3.93. The molecule has 1 heterocycles. The largest absolute Gasteiger partial charge is 0.378 e. The minimum atomic E-state index is -0.597. The number of hydrogen-bond acceptors (Lipinski definition) is 2. The Morgan fingerprint density at radius 1 is 1.17 bits per heavy atom. The Bertz CT molecular complexity index is 553. The Labute approximate surface area is 109 Å². The van der Waals surface area contributed by atoms with Crippen LogP contribution in [0.1, 0.15) is 11.1 Å². The highest BCUT2D eigenvalue weighted by molar-refractivity contribution is 6.31. The molecule has 94 valence electrons. The molecule has 0 radical (unpaired) electrons. The van der Waals surface area contributed by atoms with E-state index in [2.05, 4.69) is 10.3 Å². The summed E-state index contributed by atoms with van der Waals surface area (Å²) < 4.78 is 26.0. The van der Waals surface area contributed by atoms with Crippen LogP contribution in [0.25, 0.3) is 0 Å². The van der Waals surface area contributed by atoms with Gasteiger partial charge in [-0.05, 0) is 36.2 Å². The molecule has 2 rings (SSSR count). The summed E-state index contributed by atoms with van der Waals surface area (Å²) in [7, 11) is 0. The molecule has 0 fully saturated rings. The van der Waals surface area contributed by atoms with Crippen molar-refractivity contribution in [3.63, 3.8) is 0 Å². The van der Waals surface area contributed by atoms with Gasteiger partial charge in [-0.3, -0.25) is 0 Å². The molecule has 1 N–H and O–H groups in total. The third-order valence-electron chi connectivity index (χ3n) is 2.38. The lowest BCUT2D eigenvalue weighted by atomic mass is 10.2. The van der Waals surface area contributed by atoms with E-state index in [0.717, 1.165) is 11.6 Å². The molecule has 0 aliphatic rings. The van der Waals surface area contributed by atoms with E-state index >= 15 is 0 Å². The van der Waals surface area contributed by atoms with E-state index in [4.69, 9.17) is 11.6 Å². The van der Waals surface area contributed by atoms with Gasteiger partial charge in [-0.15, -0.1) is 0 Å². The van der Waals surface area contributed by atoms with Crippen molar-refractivity contribution in [2.24, 2.45) is 0 Å². The monoisotopic (exact) mass is 268 g/mol. The molecule has 0 aliphatic carbocycles. The average Bonchev–Trinajstić information content (AvgIpc) is 2.29. The third-order valence-corrected chi connectivity index (χ3v) is 2.68. The van der Waals surface area contributed by atoms with E-state index in [-0.39, 0.29) is 6.54 Å². The van der Waals surface area contributed by atoms with E-state index in [0.29, 0.717) is 16.4 Å². The summed E-state index contributed by atoms with van der Waals surface area (Å²) >= 11 is 5.90. The highest BCUT2D eigenvalue weighted by atomic mass is 35.5. The number of anilines is 1. The first kappa shape index (κ1) is 12.8. The van der Waals surface area contributed by atoms with Gasteiger partial charge in [0.15, 0.2) is 5.15 Å². The summed E-state index contributed by atoms with van der Waals surface area (Å²) in [6, 6.07) is 5.20. The minimum Gasteiger partial charge on any atom is -0.378 e. The Balaban J connectivity index is 2.13. The maximum Gasteiger partial charge on any atom is 0.152 e. The fourth-order valence-electron chi connectivity index (χ4n) is 1.59. The molecular formula is C13H11ClF2N2. The van der Waals surface area contributed by atoms with E-state index in [1.165, 1.54) is 12.1 Å². The summed E-state index contributed by atoms with van der Waals surface area (Å²) in [4.78, 5) is 3.98. The number of rotatable bonds is 3. The van der Waals surface area contributed by atoms with Crippen molar-refractivity contribution in [3.8, 4) is 0 Å². The van der Waals surface area contributed by atoms with Crippen LogP contribution in [0.3, 0.4) is 0 Å². The van der Waals surface area contributed by atoms with Gasteiger partial charge in [0.2, 0.25) is 0 Å². The van der Waals surface area contributed by atoms with Crippen molar-refractivity contribution in [3.05, 3.63) is 58.4 Å². The zero-order chi connectivity index (χ0) is 13.1. The van der Waals surface area contributed by atoms with Crippen molar-refractivity contribution >= 4 is 17.3 Å². The predicted molar refractivity (Wildman–Crippen MR) is 67.7 cm³/mol. The topological polar surface area (TPSA) is 24.9 Å². The van der Waals surface area contributed by atoms with Crippen molar-refractivity contribution in [1.82, 2.24) is 4.98 Å². The van der Waals surface area contributed by atoms with Crippen LogP contribution in [-0.2, 0) is 6.54 Å². The molecule has 0 aliphatic heterocycles. The second kappa shape index (κ2) is 5.31. The number of nitrogens with zero attached hydrogens (tertiary/aromatic N) is 1. The highest BCUT2D eigenvalue weighted by Gasteiger charge is 2.04. The first-order chi connectivity index (χ1) is 8.54. The molecule has 0 atom stereocenters. The Kier molecular flexibility index (Phi) is 3.77. The summed E-state index contributed by atoms with van der Waals surface area (Å²) in [6.45, 7) is 2.16. The Morgan fingerprint density at radius 3 is 2.50 bits per heavy atom. The number of hydrogen-bond donors (Lipinski definition) is 1. The number of aromatic nitrogens is 1. The number of pyridine rings is 1. The molecule has 1 aromatic carbocycles. The number of aryl methyl sites for hydroxylation is 1. The highest BCUT2D eigenvalue weighted by Crippen LogP contribution is 2.20. The lowest BCUT2D eigenvalue weighted by molar-refractivity contribution is 0.580. The van der Waals surface area contributed by atoms with Gasteiger partial charge in [0, 0.05) is 18.8 Å². The first-order valence-electron chi connectivity index (χ1n) is 5.35. The maximum absolute atomic E-state index is 13.0. The minimum absolute atomic E-state index is 0.277. The SMILES string of the molecule is Cc1cnc(Cl)c(NCc2cc(F)cc(F)c2)c1. The van der Waals surface area contributed by atoms with E-state index < -0.39 is 11.6 Å². The fourth-order valence-corrected chi connectivity index (χ4v) is 1.76. The summed E-state index contributed by atoms with van der Waals surface area (Å²) in [6.07, 6.45) is 1.65. The molecule has 0 saturated heterocycles. The average molecular weight is 269 g/mol. The van der Waals surface area contributed by atoms with Crippen LogP contribution < -0.4 is 5.32 Å². The van der Waals surface area contributed by atoms with Crippen LogP contribution >= 0.6 is 11.6 Å². The van der Waals surface area contributed by atoms with Crippen molar-refractivity contribution in [2.75, 3.05) is 5.32 Å². The summed E-state index contributed by atoms with van der Waals surface area (Å²) in [5, 5.41) is 3.33. The zero-order valence-corrected chi connectivity index (χ0v) is 10.4. The summed E-state index contributed by atoms with van der Waals surface area (Å²) in [5.74, 6) is -1.19. The molecular weight excluding hydrogens is 258 g/mol. The van der Waals surface area contributed by atoms with Gasteiger partial charge >= 0.3 is 0 Å². The molecule has 0 spiro atoms. The van der Waals surface area contributed by atoms with Crippen molar-refractivity contribution in [1.29, 1.82) is 0 Å². The molecule has 0 saturated carbocycles. The number of benzene rings is 1. The van der Waals surface area contributed by atoms with Crippen LogP contribution in [0.4, 0.5) is 14.5 Å². The number of halogens is 3. The lowest BCUT2D eigenvalue weighted by Crippen LogP contribution is -2.02. The molecule has 0 bridgehead atoms. The molecule has 18 heavy (non-hydrogen) atoms. The maximum atomic E-state index is 13.0. The van der Waals surface area contributed by atoms with Crippen LogP contribution in [-0.4, -0.2) is 4.98 Å². The normalized spacial score (nSPS) is 10.4. The Hall–Kier alpha value is -1.68. The fraction of sp³-hybridized carbons (Fsp3) is 0.154. The van der Waals surface area contributed by atoms with Gasteiger partial charge < -0.3 is 5.32 Å². The van der Waals surface area contributed by atoms with E-state index in [9.17, 15) is 8.78 Å². The molecule has 0 unspecified atom stereocenters. The van der Waals surface area contributed by atoms with Gasteiger partial charge in [0.05, 0.1) is 5.69 Å². The molecule has 5 heteroatoms. The van der Waals surface area contributed by atoms with E-state index in [1.807, 2.05) is 13.0 Å². The molecule has 1 aromatic heterocycles. The van der Waals surface area contributed by atoms with Crippen LogP contribution in [0, 0.1) is 18.6 Å². The second-order valence-electron chi connectivity index (χ2n) is 3.98. The van der Waals surface area contributed by atoms with Crippen LogP contribution in [0.15, 0.2) is 30.5 Å². The number of nitrogens with one attached hydrogen (secondary N) is 1. The van der Waals surface area contributed by atoms with Gasteiger partial charge in [0.1, 0.15) is 11.6 Å². The van der Waals surface area contributed by atoms with Gasteiger partial charge in [-0.2, -0.15) is 0 Å². The van der Waals surface area contributed by atoms with Gasteiger partial charge in [-0.25, -0.2) is 13.8 Å². The smallest absolute Gasteiger partial charge is 0.152 e. The molecule has 2 aromatic rings.